The van der Waals surface area contributed by atoms with Crippen LogP contribution in [0, 0.1) is 5.92 Å². The zero-order chi connectivity index (χ0) is 24.5. The Labute approximate surface area is 211 Å². The first-order valence-corrected chi connectivity index (χ1v) is 14.1. The molecule has 0 spiro atoms. The van der Waals surface area contributed by atoms with Crippen LogP contribution in [0.15, 0.2) is 6.20 Å². The highest BCUT2D eigenvalue weighted by Gasteiger charge is 2.41. The molecule has 1 N–H and O–H groups in total. The number of aromatic nitrogens is 2. The van der Waals surface area contributed by atoms with Crippen LogP contribution in [-0.2, 0) is 4.79 Å². The maximum absolute atomic E-state index is 13.1. The molecule has 2 saturated heterocycles. The fraction of sp³-hybridized carbons (Fsp3) is 0.815. The number of amides is 1. The number of rotatable bonds is 6. The van der Waals surface area contributed by atoms with Crippen molar-refractivity contribution in [2.75, 3.05) is 55.4 Å². The fourth-order valence-corrected chi connectivity index (χ4v) is 6.92. The Morgan fingerprint density at radius 3 is 2.34 bits per heavy atom. The van der Waals surface area contributed by atoms with Crippen molar-refractivity contribution in [1.29, 1.82) is 0 Å². The number of piperidine rings is 2. The number of hydrogen-bond acceptors (Lipinski definition) is 7. The van der Waals surface area contributed by atoms with E-state index in [-0.39, 0.29) is 11.9 Å². The van der Waals surface area contributed by atoms with E-state index in [2.05, 4.69) is 45.9 Å². The van der Waals surface area contributed by atoms with Crippen LogP contribution in [0.1, 0.15) is 71.6 Å². The molecule has 5 rings (SSSR count). The molecule has 1 amide bonds. The van der Waals surface area contributed by atoms with Gasteiger partial charge >= 0.3 is 0 Å². The van der Waals surface area contributed by atoms with Gasteiger partial charge in [-0.25, -0.2) is 4.98 Å². The normalized spacial score (nSPS) is 26.9. The number of likely N-dealkylation sites (N-methyl/N-ethyl adjacent to an activating group) is 1. The summed E-state index contributed by atoms with van der Waals surface area (Å²) in [6, 6.07) is 1.38. The highest BCUT2D eigenvalue weighted by atomic mass is 16.2. The van der Waals surface area contributed by atoms with E-state index in [9.17, 15) is 4.79 Å². The first-order chi connectivity index (χ1) is 17.0. The number of nitrogens with one attached hydrogen (secondary N) is 1. The molecule has 1 aromatic rings. The van der Waals surface area contributed by atoms with Crippen LogP contribution in [0.4, 0.5) is 17.5 Å². The Bertz CT molecular complexity index is 872. The lowest BCUT2D eigenvalue weighted by Gasteiger charge is -2.43. The Morgan fingerprint density at radius 2 is 1.69 bits per heavy atom. The van der Waals surface area contributed by atoms with Gasteiger partial charge < -0.3 is 24.9 Å². The van der Waals surface area contributed by atoms with Crippen molar-refractivity contribution in [3.63, 3.8) is 0 Å². The lowest BCUT2D eigenvalue weighted by atomic mass is 9.88. The van der Waals surface area contributed by atoms with Crippen molar-refractivity contribution in [3.8, 4) is 0 Å². The van der Waals surface area contributed by atoms with E-state index in [1.54, 1.807) is 4.90 Å². The van der Waals surface area contributed by atoms with Gasteiger partial charge in [0.25, 0.3) is 0 Å². The summed E-state index contributed by atoms with van der Waals surface area (Å²) < 4.78 is 0. The van der Waals surface area contributed by atoms with Gasteiger partial charge in [-0.15, -0.1) is 0 Å². The van der Waals surface area contributed by atoms with Crippen molar-refractivity contribution in [2.45, 2.75) is 95.8 Å². The van der Waals surface area contributed by atoms with E-state index < -0.39 is 0 Å². The van der Waals surface area contributed by atoms with Crippen molar-refractivity contribution in [2.24, 2.45) is 5.92 Å². The average molecular weight is 484 g/mol. The van der Waals surface area contributed by atoms with Gasteiger partial charge in [0.05, 0.1) is 6.20 Å². The second-order valence-corrected chi connectivity index (χ2v) is 11.4. The topological polar surface area (TPSA) is 67.8 Å². The van der Waals surface area contributed by atoms with E-state index in [1.807, 2.05) is 13.2 Å². The number of carbonyl (C=O) groups is 1. The lowest BCUT2D eigenvalue weighted by molar-refractivity contribution is -0.120. The van der Waals surface area contributed by atoms with Crippen molar-refractivity contribution < 1.29 is 4.79 Å². The predicted octanol–water partition coefficient (Wildman–Crippen LogP) is 3.59. The minimum Gasteiger partial charge on any atom is -0.351 e. The molecule has 1 saturated carbocycles. The molecule has 2 unspecified atom stereocenters. The van der Waals surface area contributed by atoms with Gasteiger partial charge in [-0.1, -0.05) is 19.8 Å². The second-order valence-electron chi connectivity index (χ2n) is 11.4. The molecule has 3 aliphatic heterocycles. The van der Waals surface area contributed by atoms with Gasteiger partial charge in [0, 0.05) is 25.2 Å². The quantitative estimate of drug-likeness (QED) is 0.663. The first kappa shape index (κ1) is 24.8. The largest absolute Gasteiger partial charge is 0.351 e. The van der Waals surface area contributed by atoms with Crippen LogP contribution in [0.3, 0.4) is 0 Å². The summed E-state index contributed by atoms with van der Waals surface area (Å²) in [7, 11) is 4.11. The average Bonchev–Trinajstić information content (AvgIpc) is 3.41. The number of anilines is 3. The molecule has 1 aromatic heterocycles. The van der Waals surface area contributed by atoms with Crippen molar-refractivity contribution >= 4 is 23.4 Å². The van der Waals surface area contributed by atoms with Crippen LogP contribution in [0.25, 0.3) is 0 Å². The Morgan fingerprint density at radius 1 is 1.00 bits per heavy atom. The molecule has 3 fully saturated rings. The van der Waals surface area contributed by atoms with Crippen LogP contribution in [-0.4, -0.2) is 90.1 Å². The van der Waals surface area contributed by atoms with E-state index in [0.29, 0.717) is 23.9 Å². The van der Waals surface area contributed by atoms with Gasteiger partial charge in [0.15, 0.2) is 5.82 Å². The smallest absolute Gasteiger partial charge is 0.249 e. The summed E-state index contributed by atoms with van der Waals surface area (Å²) in [5, 5.41) is 3.65. The summed E-state index contributed by atoms with van der Waals surface area (Å²) in [4.78, 5) is 32.1. The summed E-state index contributed by atoms with van der Waals surface area (Å²) in [5.74, 6) is 2.44. The third-order valence-corrected chi connectivity index (χ3v) is 9.25. The molecule has 4 heterocycles. The molecule has 8 heteroatoms. The maximum Gasteiger partial charge on any atom is 0.249 e. The summed E-state index contributed by atoms with van der Waals surface area (Å²) in [6.45, 7) is 9.28. The Kier molecular flexibility index (Phi) is 7.49. The molecule has 4 aliphatic rings. The van der Waals surface area contributed by atoms with Crippen LogP contribution in [0.5, 0.6) is 0 Å². The van der Waals surface area contributed by atoms with E-state index in [0.717, 1.165) is 36.8 Å². The molecule has 0 radical (unpaired) electrons. The van der Waals surface area contributed by atoms with Gasteiger partial charge in [-0.2, -0.15) is 4.98 Å². The maximum atomic E-state index is 13.1. The number of likely N-dealkylation sites (tertiary alicyclic amines) is 2. The first-order valence-electron chi connectivity index (χ1n) is 14.1. The van der Waals surface area contributed by atoms with Crippen molar-refractivity contribution in [1.82, 2.24) is 19.8 Å². The van der Waals surface area contributed by atoms with Crippen LogP contribution in [0.2, 0.25) is 0 Å². The molecule has 1 aliphatic carbocycles. The molecule has 35 heavy (non-hydrogen) atoms. The number of fused-ring (bicyclic) bond motifs is 1. The fourth-order valence-electron chi connectivity index (χ4n) is 6.92. The monoisotopic (exact) mass is 483 g/mol. The van der Waals surface area contributed by atoms with Crippen molar-refractivity contribution in [3.05, 3.63) is 6.20 Å². The minimum atomic E-state index is -0.125. The molecule has 8 nitrogen and oxygen atoms in total. The molecular formula is C27H45N7O. The molecular weight excluding hydrogens is 438 g/mol. The lowest BCUT2D eigenvalue weighted by Crippen LogP contribution is -2.55. The minimum absolute atomic E-state index is 0.125. The molecule has 0 aromatic carbocycles. The number of nitrogens with zero attached hydrogens (tertiary/aromatic N) is 6. The highest BCUT2D eigenvalue weighted by Crippen LogP contribution is 2.40. The molecule has 2 atom stereocenters. The van der Waals surface area contributed by atoms with Gasteiger partial charge in [0.1, 0.15) is 11.7 Å². The third-order valence-electron chi connectivity index (χ3n) is 9.25. The van der Waals surface area contributed by atoms with Gasteiger partial charge in [0.2, 0.25) is 11.9 Å². The van der Waals surface area contributed by atoms with Gasteiger partial charge in [-0.3, -0.25) is 4.79 Å². The summed E-state index contributed by atoms with van der Waals surface area (Å²) in [6.07, 6.45) is 12.5. The van der Waals surface area contributed by atoms with E-state index >= 15 is 0 Å². The second kappa shape index (κ2) is 10.6. The zero-order valence-corrected chi connectivity index (χ0v) is 22.2. The van der Waals surface area contributed by atoms with E-state index in [1.165, 1.54) is 64.7 Å². The molecule has 0 bridgehead atoms. The standard InChI is InChI=1S/C27H45N7O/c1-5-23-26(35)32(4)24-18-28-27(30-25(24)34(23)22-8-6-7-9-22)29-19(2)20-10-16-33(17-11-20)21-12-14-31(3)15-13-21/h18-23H,5-17H2,1-4H3,(H,28,29,30). The highest BCUT2D eigenvalue weighted by molar-refractivity contribution is 6.04. The Balaban J connectivity index is 1.26. The Hall–Kier alpha value is -1.93. The number of hydrogen-bond donors (Lipinski definition) is 1. The van der Waals surface area contributed by atoms with Gasteiger partial charge in [-0.05, 0) is 91.0 Å². The van der Waals surface area contributed by atoms with Crippen LogP contribution >= 0.6 is 0 Å². The molecule has 194 valence electrons. The van der Waals surface area contributed by atoms with Crippen LogP contribution < -0.4 is 15.1 Å². The summed E-state index contributed by atoms with van der Waals surface area (Å²) >= 11 is 0. The summed E-state index contributed by atoms with van der Waals surface area (Å²) in [5.41, 5.74) is 0.844. The van der Waals surface area contributed by atoms with E-state index in [4.69, 9.17) is 4.98 Å². The predicted molar refractivity (Wildman–Crippen MR) is 142 cm³/mol. The SMILES string of the molecule is CCC1C(=O)N(C)c2cnc(NC(C)C3CCN(C4CCN(C)CC4)CC3)nc2N1C1CCCC1. The third kappa shape index (κ3) is 5.01. The zero-order valence-electron chi connectivity index (χ0n) is 22.2. The number of carbonyl (C=O) groups excluding carboxylic acids is 1.